The van der Waals surface area contributed by atoms with Crippen molar-refractivity contribution in [3.05, 3.63) is 34.9 Å². The summed E-state index contributed by atoms with van der Waals surface area (Å²) in [6, 6.07) is 3.64. The molecule has 0 saturated heterocycles. The van der Waals surface area contributed by atoms with Crippen molar-refractivity contribution in [2.24, 2.45) is 5.92 Å². The van der Waals surface area contributed by atoms with Crippen LogP contribution in [-0.2, 0) is 14.9 Å². The highest BCUT2D eigenvalue weighted by atomic mass is 79.9. The van der Waals surface area contributed by atoms with Gasteiger partial charge in [0, 0.05) is 22.7 Å². The van der Waals surface area contributed by atoms with Crippen LogP contribution in [0.5, 0.6) is 11.5 Å². The molecule has 2 aliphatic rings. The average Bonchev–Trinajstić information content (AvgIpc) is 2.60. The first kappa shape index (κ1) is 21.2. The van der Waals surface area contributed by atoms with Crippen LogP contribution < -0.4 is 4.74 Å². The monoisotopic (exact) mass is 450 g/mol. The standard InChI is InChI=1S/C23H31BrO4/c1-14-7-8-17-16(11-14)20-18(25)12-15(13-19(20)28-23(17,4)5)22(2,3)21(26)27-10-6-9-24/h7,12-13,16-17,25H,6,8-11H2,1-5H3. The zero-order chi connectivity index (χ0) is 20.7. The van der Waals surface area contributed by atoms with E-state index >= 15 is 0 Å². The zero-order valence-electron chi connectivity index (χ0n) is 17.5. The molecular formula is C23H31BrO4. The predicted octanol–water partition coefficient (Wildman–Crippen LogP) is 5.61. The van der Waals surface area contributed by atoms with Crippen LogP contribution in [0.1, 0.15) is 70.9 Å². The molecule has 0 fully saturated rings. The summed E-state index contributed by atoms with van der Waals surface area (Å²) in [6.45, 7) is 10.4. The summed E-state index contributed by atoms with van der Waals surface area (Å²) in [5, 5.41) is 11.7. The van der Waals surface area contributed by atoms with Gasteiger partial charge in [0.15, 0.2) is 0 Å². The minimum absolute atomic E-state index is 0.217. The van der Waals surface area contributed by atoms with Crippen LogP contribution in [0.3, 0.4) is 0 Å². The number of carbonyl (C=O) groups is 1. The largest absolute Gasteiger partial charge is 0.508 e. The lowest BCUT2D eigenvalue weighted by Crippen LogP contribution is -2.45. The number of ether oxygens (including phenoxy) is 2. The Morgan fingerprint density at radius 3 is 2.79 bits per heavy atom. The van der Waals surface area contributed by atoms with E-state index in [1.807, 2.05) is 19.9 Å². The van der Waals surface area contributed by atoms with Crippen LogP contribution in [-0.4, -0.2) is 28.6 Å². The fraction of sp³-hybridized carbons (Fsp3) is 0.609. The van der Waals surface area contributed by atoms with Crippen molar-refractivity contribution < 1.29 is 19.4 Å². The van der Waals surface area contributed by atoms with Gasteiger partial charge in [-0.1, -0.05) is 27.6 Å². The smallest absolute Gasteiger partial charge is 0.315 e. The van der Waals surface area contributed by atoms with Crippen molar-refractivity contribution in [1.29, 1.82) is 0 Å². The zero-order valence-corrected chi connectivity index (χ0v) is 19.1. The molecule has 1 heterocycles. The summed E-state index contributed by atoms with van der Waals surface area (Å²) in [5.74, 6) is 1.16. The number of phenolic OH excluding ortho intramolecular Hbond substituents is 1. The van der Waals surface area contributed by atoms with Gasteiger partial charge in [0.1, 0.15) is 17.1 Å². The van der Waals surface area contributed by atoms with E-state index in [1.165, 1.54) is 5.57 Å². The number of hydrogen-bond donors (Lipinski definition) is 1. The lowest BCUT2D eigenvalue weighted by molar-refractivity contribution is -0.149. The van der Waals surface area contributed by atoms with Gasteiger partial charge in [0.25, 0.3) is 0 Å². The fourth-order valence-electron chi connectivity index (χ4n) is 4.44. The Labute approximate surface area is 176 Å². The molecular weight excluding hydrogens is 420 g/mol. The quantitative estimate of drug-likeness (QED) is 0.274. The summed E-state index contributed by atoms with van der Waals surface area (Å²) < 4.78 is 11.8. The number of rotatable bonds is 5. The Kier molecular flexibility index (Phi) is 5.86. The number of esters is 1. The van der Waals surface area contributed by atoms with Gasteiger partial charge < -0.3 is 14.6 Å². The highest BCUT2D eigenvalue weighted by Crippen LogP contribution is 2.54. The first-order chi connectivity index (χ1) is 13.1. The molecule has 0 spiro atoms. The maximum atomic E-state index is 12.7. The first-order valence-corrected chi connectivity index (χ1v) is 11.1. The topological polar surface area (TPSA) is 55.8 Å². The van der Waals surface area contributed by atoms with Gasteiger partial charge in [-0.15, -0.1) is 0 Å². The number of aromatic hydroxyl groups is 1. The van der Waals surface area contributed by atoms with Crippen LogP contribution in [0, 0.1) is 5.92 Å². The lowest BCUT2D eigenvalue weighted by Gasteiger charge is -2.47. The molecule has 2 atom stereocenters. The Balaban J connectivity index is 1.98. The molecule has 0 aromatic heterocycles. The second-order valence-corrected chi connectivity index (χ2v) is 9.91. The fourth-order valence-corrected chi connectivity index (χ4v) is 4.67. The van der Waals surface area contributed by atoms with E-state index in [0.29, 0.717) is 23.8 Å². The summed E-state index contributed by atoms with van der Waals surface area (Å²) in [5.41, 5.74) is 1.74. The molecule has 1 aliphatic carbocycles. The van der Waals surface area contributed by atoms with Crippen LogP contribution in [0.2, 0.25) is 0 Å². The van der Waals surface area contributed by atoms with Crippen molar-refractivity contribution in [2.75, 3.05) is 11.9 Å². The summed E-state index contributed by atoms with van der Waals surface area (Å²) in [7, 11) is 0. The molecule has 1 aliphatic heterocycles. The third-order valence-corrected chi connectivity index (χ3v) is 6.81. The van der Waals surface area contributed by atoms with Gasteiger partial charge in [-0.2, -0.15) is 0 Å². The van der Waals surface area contributed by atoms with Crippen molar-refractivity contribution in [3.8, 4) is 11.5 Å². The Morgan fingerprint density at radius 1 is 1.39 bits per heavy atom. The summed E-state index contributed by atoms with van der Waals surface area (Å²) in [4.78, 5) is 12.7. The molecule has 4 nitrogen and oxygen atoms in total. The van der Waals surface area contributed by atoms with E-state index in [2.05, 4.69) is 42.8 Å². The minimum Gasteiger partial charge on any atom is -0.508 e. The third kappa shape index (κ3) is 3.83. The lowest BCUT2D eigenvalue weighted by atomic mass is 9.67. The second-order valence-electron chi connectivity index (χ2n) is 9.12. The Hall–Kier alpha value is -1.49. The van der Waals surface area contributed by atoms with Crippen molar-refractivity contribution in [1.82, 2.24) is 0 Å². The molecule has 2 unspecified atom stereocenters. The Morgan fingerprint density at radius 2 is 2.11 bits per heavy atom. The van der Waals surface area contributed by atoms with Gasteiger partial charge >= 0.3 is 5.97 Å². The molecule has 1 aromatic carbocycles. The van der Waals surface area contributed by atoms with Crippen molar-refractivity contribution in [2.45, 2.75) is 70.8 Å². The molecule has 0 bridgehead atoms. The van der Waals surface area contributed by atoms with Gasteiger partial charge in [-0.25, -0.2) is 0 Å². The van der Waals surface area contributed by atoms with Crippen molar-refractivity contribution >= 4 is 21.9 Å². The van der Waals surface area contributed by atoms with E-state index in [4.69, 9.17) is 9.47 Å². The first-order valence-electron chi connectivity index (χ1n) is 10.0. The maximum Gasteiger partial charge on any atom is 0.315 e. The van der Waals surface area contributed by atoms with E-state index in [9.17, 15) is 9.90 Å². The normalized spacial score (nSPS) is 23.1. The number of fused-ring (bicyclic) bond motifs is 3. The molecule has 154 valence electrons. The van der Waals surface area contributed by atoms with Gasteiger partial charge in [0.05, 0.1) is 12.0 Å². The van der Waals surface area contributed by atoms with Crippen LogP contribution in [0.15, 0.2) is 23.8 Å². The summed E-state index contributed by atoms with van der Waals surface area (Å²) in [6.07, 6.45) is 4.93. The number of alkyl halides is 1. The van der Waals surface area contributed by atoms with Gasteiger partial charge in [-0.3, -0.25) is 4.79 Å². The van der Waals surface area contributed by atoms with Gasteiger partial charge in [-0.05, 0) is 71.6 Å². The SMILES string of the molecule is CC1=CCC2C(C1)c1c(O)cc(C(C)(C)C(=O)OCCCBr)cc1OC2(C)C. The molecule has 5 heteroatoms. The number of benzene rings is 1. The molecule has 0 amide bonds. The average molecular weight is 451 g/mol. The number of hydrogen-bond acceptors (Lipinski definition) is 4. The number of allylic oxidation sites excluding steroid dienone is 2. The minimum atomic E-state index is -0.869. The van der Waals surface area contributed by atoms with Crippen LogP contribution in [0.25, 0.3) is 0 Å². The number of phenols is 1. The number of carbonyl (C=O) groups excluding carboxylic acids is 1. The molecule has 3 rings (SSSR count). The van der Waals surface area contributed by atoms with E-state index in [1.54, 1.807) is 6.07 Å². The molecule has 1 N–H and O–H groups in total. The molecule has 0 radical (unpaired) electrons. The molecule has 28 heavy (non-hydrogen) atoms. The molecule has 0 saturated carbocycles. The molecule has 1 aromatic rings. The Bertz CT molecular complexity index is 794. The van der Waals surface area contributed by atoms with Gasteiger partial charge in [0.2, 0.25) is 0 Å². The second kappa shape index (κ2) is 7.74. The van der Waals surface area contributed by atoms with Crippen molar-refractivity contribution in [3.63, 3.8) is 0 Å². The van der Waals surface area contributed by atoms with E-state index in [0.717, 1.165) is 30.2 Å². The number of halogens is 1. The summed E-state index contributed by atoms with van der Waals surface area (Å²) >= 11 is 3.34. The van der Waals surface area contributed by atoms with E-state index in [-0.39, 0.29) is 23.2 Å². The maximum absolute atomic E-state index is 12.7. The third-order valence-electron chi connectivity index (χ3n) is 6.25. The van der Waals surface area contributed by atoms with E-state index < -0.39 is 5.41 Å². The van der Waals surface area contributed by atoms with Crippen LogP contribution in [0.4, 0.5) is 0 Å². The van der Waals surface area contributed by atoms with Crippen LogP contribution >= 0.6 is 15.9 Å². The highest BCUT2D eigenvalue weighted by molar-refractivity contribution is 9.09. The predicted molar refractivity (Wildman–Crippen MR) is 114 cm³/mol. The highest BCUT2D eigenvalue weighted by Gasteiger charge is 2.46.